The maximum atomic E-state index is 12.3. The number of rotatable bonds is 8. The summed E-state index contributed by atoms with van der Waals surface area (Å²) in [5.41, 5.74) is 1.18. The fourth-order valence-corrected chi connectivity index (χ4v) is 4.18. The van der Waals surface area contributed by atoms with E-state index in [0.29, 0.717) is 32.3 Å². The highest BCUT2D eigenvalue weighted by Gasteiger charge is 2.28. The maximum absolute atomic E-state index is 12.3. The third-order valence-corrected chi connectivity index (χ3v) is 7.88. The lowest BCUT2D eigenvalue weighted by molar-refractivity contribution is 0.0170. The average Bonchev–Trinajstić information content (AvgIpc) is 2.73. The summed E-state index contributed by atoms with van der Waals surface area (Å²) in [7, 11) is 0.165. The predicted octanol–water partition coefficient (Wildman–Crippen LogP) is 1.45. The molecule has 1 aromatic carbocycles. The molecule has 2 rings (SSSR count). The van der Waals surface area contributed by atoms with Crippen LogP contribution in [0.4, 0.5) is 0 Å². The maximum Gasteiger partial charge on any atom is 0.191 e. The Morgan fingerprint density at radius 2 is 1.83 bits per heavy atom. The molecule has 0 bridgehead atoms. The number of nitrogens with one attached hydrogen (secondary N) is 2. The van der Waals surface area contributed by atoms with Crippen molar-refractivity contribution >= 4 is 15.8 Å². The summed E-state index contributed by atoms with van der Waals surface area (Å²) < 4.78 is 34.6. The molecule has 1 heterocycles. The van der Waals surface area contributed by atoms with Gasteiger partial charge in [-0.25, -0.2) is 8.42 Å². The highest BCUT2D eigenvalue weighted by molar-refractivity contribution is 7.92. The Labute approximate surface area is 181 Å². The molecule has 1 atom stereocenters. The Morgan fingerprint density at radius 3 is 2.37 bits per heavy atom. The van der Waals surface area contributed by atoms with Crippen molar-refractivity contribution in [3.63, 3.8) is 0 Å². The fraction of sp³-hybridized carbons (Fsp3) is 0.667. The summed E-state index contributed by atoms with van der Waals surface area (Å²) in [4.78, 5) is 6.63. The first-order valence-corrected chi connectivity index (χ1v) is 12.0. The molecule has 0 spiro atoms. The lowest BCUT2D eigenvalue weighted by Gasteiger charge is -2.35. The zero-order valence-corrected chi connectivity index (χ0v) is 19.6. The number of methoxy groups -OCH3 is 1. The third kappa shape index (κ3) is 6.85. The van der Waals surface area contributed by atoms with Gasteiger partial charge in [0.2, 0.25) is 0 Å². The number of benzene rings is 1. The Balaban J connectivity index is 2.00. The molecule has 170 valence electrons. The highest BCUT2D eigenvalue weighted by atomic mass is 32.2. The van der Waals surface area contributed by atoms with Crippen molar-refractivity contribution in [3.05, 3.63) is 29.8 Å². The van der Waals surface area contributed by atoms with E-state index < -0.39 is 14.6 Å². The summed E-state index contributed by atoms with van der Waals surface area (Å²) in [6.07, 6.45) is 0. The third-order valence-electron chi connectivity index (χ3n) is 5.27. The van der Waals surface area contributed by atoms with Gasteiger partial charge in [0.05, 0.1) is 36.9 Å². The van der Waals surface area contributed by atoms with E-state index in [4.69, 9.17) is 9.47 Å². The molecule has 30 heavy (non-hydrogen) atoms. The van der Waals surface area contributed by atoms with Crippen molar-refractivity contribution in [1.29, 1.82) is 0 Å². The van der Waals surface area contributed by atoms with Crippen molar-refractivity contribution in [2.24, 2.45) is 4.99 Å². The van der Waals surface area contributed by atoms with Crippen molar-refractivity contribution in [2.45, 2.75) is 31.6 Å². The first-order valence-electron chi connectivity index (χ1n) is 10.3. The molecule has 1 aromatic rings. The quantitative estimate of drug-likeness (QED) is 0.467. The topological polar surface area (TPSA) is 92.3 Å². The van der Waals surface area contributed by atoms with Crippen LogP contribution < -0.4 is 15.4 Å². The molecule has 1 saturated heterocycles. The van der Waals surface area contributed by atoms with Crippen LogP contribution in [0.3, 0.4) is 0 Å². The number of sulfone groups is 1. The number of ether oxygens (including phenoxy) is 2. The van der Waals surface area contributed by atoms with Crippen LogP contribution in [0.15, 0.2) is 29.3 Å². The Morgan fingerprint density at radius 1 is 1.20 bits per heavy atom. The molecule has 0 radical (unpaired) electrons. The second-order valence-corrected chi connectivity index (χ2v) is 11.1. The van der Waals surface area contributed by atoms with E-state index in [1.165, 1.54) is 5.56 Å². The standard InChI is InChI=1S/C21H36N4O4S/c1-21(2,3)30(26,27)15-10-23-20(22-4)24-16-19(25-11-13-29-14-12-25)17-6-8-18(28-5)9-7-17/h6-9,19H,10-16H2,1-5H3,(H2,22,23,24). The van der Waals surface area contributed by atoms with Crippen LogP contribution in [0.1, 0.15) is 32.4 Å². The average molecular weight is 441 g/mol. The van der Waals surface area contributed by atoms with E-state index in [-0.39, 0.29) is 11.8 Å². The second-order valence-electron chi connectivity index (χ2n) is 8.25. The number of morpholine rings is 1. The monoisotopic (exact) mass is 440 g/mol. The van der Waals surface area contributed by atoms with Gasteiger partial charge in [0, 0.05) is 33.2 Å². The van der Waals surface area contributed by atoms with Gasteiger partial charge in [0.15, 0.2) is 15.8 Å². The molecule has 0 amide bonds. The molecular weight excluding hydrogens is 404 g/mol. The summed E-state index contributed by atoms with van der Waals surface area (Å²) in [6.45, 7) is 9.24. The number of nitrogens with zero attached hydrogens (tertiary/aromatic N) is 2. The van der Waals surface area contributed by atoms with E-state index in [9.17, 15) is 8.42 Å². The van der Waals surface area contributed by atoms with E-state index in [2.05, 4.69) is 32.7 Å². The van der Waals surface area contributed by atoms with E-state index in [0.717, 1.165) is 18.8 Å². The zero-order valence-electron chi connectivity index (χ0n) is 18.8. The molecule has 0 aromatic heterocycles. The van der Waals surface area contributed by atoms with Crippen LogP contribution >= 0.6 is 0 Å². The van der Waals surface area contributed by atoms with Crippen molar-refractivity contribution in [1.82, 2.24) is 15.5 Å². The van der Waals surface area contributed by atoms with E-state index >= 15 is 0 Å². The summed E-state index contributed by atoms with van der Waals surface area (Å²) in [5, 5.41) is 6.47. The van der Waals surface area contributed by atoms with Crippen LogP contribution in [0.25, 0.3) is 0 Å². The zero-order chi connectivity index (χ0) is 22.2. The smallest absolute Gasteiger partial charge is 0.191 e. The van der Waals surface area contributed by atoms with Gasteiger partial charge in [0.1, 0.15) is 5.75 Å². The lowest BCUT2D eigenvalue weighted by Crippen LogP contribution is -2.47. The SMILES string of the molecule is CN=C(NCCS(=O)(=O)C(C)(C)C)NCC(c1ccc(OC)cc1)N1CCOCC1. The largest absolute Gasteiger partial charge is 0.497 e. The number of hydrogen-bond acceptors (Lipinski definition) is 6. The number of guanidine groups is 1. The molecule has 0 aliphatic carbocycles. The molecule has 1 fully saturated rings. The van der Waals surface area contributed by atoms with Gasteiger partial charge in [-0.1, -0.05) is 12.1 Å². The van der Waals surface area contributed by atoms with Crippen molar-refractivity contribution < 1.29 is 17.9 Å². The van der Waals surface area contributed by atoms with Gasteiger partial charge >= 0.3 is 0 Å². The van der Waals surface area contributed by atoms with Crippen LogP contribution in [0, 0.1) is 0 Å². The summed E-state index contributed by atoms with van der Waals surface area (Å²) in [6, 6.07) is 8.22. The van der Waals surface area contributed by atoms with Gasteiger partial charge in [-0.3, -0.25) is 9.89 Å². The molecule has 1 aliphatic rings. The summed E-state index contributed by atoms with van der Waals surface area (Å²) in [5.74, 6) is 1.47. The number of aliphatic imine (C=N–C) groups is 1. The first kappa shape index (κ1) is 24.4. The summed E-state index contributed by atoms with van der Waals surface area (Å²) >= 11 is 0. The number of hydrogen-bond donors (Lipinski definition) is 2. The van der Waals surface area contributed by atoms with Crippen LogP contribution in [0.2, 0.25) is 0 Å². The molecule has 9 heteroatoms. The molecule has 0 saturated carbocycles. The van der Waals surface area contributed by atoms with Crippen molar-refractivity contribution in [2.75, 3.05) is 59.3 Å². The van der Waals surface area contributed by atoms with E-state index in [1.807, 2.05) is 12.1 Å². The molecule has 1 unspecified atom stereocenters. The Bertz CT molecular complexity index is 782. The Hall–Kier alpha value is -1.84. The molecular formula is C21H36N4O4S. The molecule has 8 nitrogen and oxygen atoms in total. The minimum Gasteiger partial charge on any atom is -0.497 e. The highest BCUT2D eigenvalue weighted by Crippen LogP contribution is 2.23. The normalized spacial score (nSPS) is 17.4. The fourth-order valence-electron chi connectivity index (χ4n) is 3.20. The van der Waals surface area contributed by atoms with Crippen LogP contribution in [0.5, 0.6) is 5.75 Å². The van der Waals surface area contributed by atoms with Gasteiger partial charge in [-0.2, -0.15) is 0 Å². The van der Waals surface area contributed by atoms with Gasteiger partial charge < -0.3 is 20.1 Å². The van der Waals surface area contributed by atoms with Crippen molar-refractivity contribution in [3.8, 4) is 5.75 Å². The molecule has 2 N–H and O–H groups in total. The second kappa shape index (κ2) is 11.0. The lowest BCUT2D eigenvalue weighted by atomic mass is 10.0. The molecule has 1 aliphatic heterocycles. The van der Waals surface area contributed by atoms with Crippen LogP contribution in [-0.4, -0.2) is 83.3 Å². The van der Waals surface area contributed by atoms with Gasteiger partial charge in [-0.15, -0.1) is 0 Å². The van der Waals surface area contributed by atoms with E-state index in [1.54, 1.807) is 34.9 Å². The van der Waals surface area contributed by atoms with Gasteiger partial charge in [-0.05, 0) is 38.5 Å². The van der Waals surface area contributed by atoms with Gasteiger partial charge in [0.25, 0.3) is 0 Å². The Kier molecular flexibility index (Phi) is 8.93. The van der Waals surface area contributed by atoms with Crippen LogP contribution in [-0.2, 0) is 14.6 Å². The predicted molar refractivity (Wildman–Crippen MR) is 121 cm³/mol. The minimum absolute atomic E-state index is 0.0581. The minimum atomic E-state index is -3.18. The first-order chi connectivity index (χ1) is 14.2.